The second-order valence-electron chi connectivity index (χ2n) is 18.5. The summed E-state index contributed by atoms with van der Waals surface area (Å²) < 4.78 is 41.5. The van der Waals surface area contributed by atoms with E-state index in [-0.39, 0.29) is 28.1 Å². The lowest BCUT2D eigenvalue weighted by Crippen LogP contribution is -2.47. The fraction of sp³-hybridized carbons (Fsp3) is 0.489. The molecule has 4 aromatic rings. The van der Waals surface area contributed by atoms with Crippen molar-refractivity contribution in [3.05, 3.63) is 99.9 Å². The number of carbonyl (C=O) groups excluding carboxylic acids is 1. The number of hydrogen-bond donors (Lipinski definition) is 3. The average molecular weight is 866 g/mol. The van der Waals surface area contributed by atoms with Gasteiger partial charge < -0.3 is 24.7 Å². The van der Waals surface area contributed by atoms with Gasteiger partial charge in [-0.05, 0) is 110 Å². The molecule has 3 N–H and O–H groups in total. The normalized spacial score (nSPS) is 19.3. The molecule has 8 rings (SSSR count). The number of sulfonamides is 1. The maximum atomic E-state index is 13.9. The van der Waals surface area contributed by atoms with E-state index in [0.717, 1.165) is 114 Å². The molecular weight excluding hydrogens is 807 g/mol. The molecule has 0 atom stereocenters. The molecule has 0 bridgehead atoms. The van der Waals surface area contributed by atoms with Crippen LogP contribution in [0.2, 0.25) is 0 Å². The zero-order valence-electron chi connectivity index (χ0n) is 36.1. The van der Waals surface area contributed by atoms with Gasteiger partial charge in [-0.3, -0.25) is 19.8 Å². The molecule has 4 aliphatic rings. The number of nitro groups is 1. The summed E-state index contributed by atoms with van der Waals surface area (Å²) in [5.74, 6) is -0.0600. The van der Waals surface area contributed by atoms with Gasteiger partial charge in [0.05, 0.1) is 21.6 Å². The van der Waals surface area contributed by atoms with Gasteiger partial charge in [-0.1, -0.05) is 44.9 Å². The highest BCUT2D eigenvalue weighted by Gasteiger charge is 2.44. The number of ether oxygens (including phenoxy) is 2. The van der Waals surface area contributed by atoms with Crippen LogP contribution in [0, 0.1) is 26.9 Å². The highest BCUT2D eigenvalue weighted by molar-refractivity contribution is 7.90. The number of hydrogen-bond acceptors (Lipinski definition) is 11. The summed E-state index contributed by atoms with van der Waals surface area (Å²) >= 11 is 0. The number of nitro benzene ring substituents is 1. The lowest BCUT2D eigenvalue weighted by atomic mass is 9.58. The Morgan fingerprint density at radius 2 is 1.84 bits per heavy atom. The van der Waals surface area contributed by atoms with Crippen molar-refractivity contribution in [1.29, 1.82) is 0 Å². The van der Waals surface area contributed by atoms with Gasteiger partial charge in [0, 0.05) is 81.9 Å². The second-order valence-corrected chi connectivity index (χ2v) is 20.2. The number of pyridine rings is 1. The van der Waals surface area contributed by atoms with Crippen molar-refractivity contribution in [1.82, 2.24) is 19.6 Å². The molecule has 0 radical (unpaired) electrons. The van der Waals surface area contributed by atoms with E-state index in [1.54, 1.807) is 30.5 Å². The molecular formula is C47H59N7O7S. The van der Waals surface area contributed by atoms with Crippen LogP contribution in [-0.2, 0) is 14.8 Å². The summed E-state index contributed by atoms with van der Waals surface area (Å²) in [7, 11) is -4.54. The lowest BCUT2D eigenvalue weighted by Gasteiger charge is -2.50. The number of nitrogens with zero attached hydrogens (tertiary/aromatic N) is 4. The van der Waals surface area contributed by atoms with Crippen molar-refractivity contribution in [2.45, 2.75) is 83.5 Å². The van der Waals surface area contributed by atoms with E-state index >= 15 is 0 Å². The number of aromatic amines is 1. The summed E-state index contributed by atoms with van der Waals surface area (Å²) in [5, 5.41) is 16.2. The third-order valence-corrected chi connectivity index (χ3v) is 14.7. The third kappa shape index (κ3) is 9.69. The van der Waals surface area contributed by atoms with Crippen LogP contribution in [0.1, 0.15) is 88.9 Å². The molecule has 62 heavy (non-hydrogen) atoms. The van der Waals surface area contributed by atoms with Crippen LogP contribution in [-0.4, -0.2) is 86.6 Å². The zero-order chi connectivity index (χ0) is 43.6. The summed E-state index contributed by atoms with van der Waals surface area (Å²) in [5.41, 5.74) is 6.16. The summed E-state index contributed by atoms with van der Waals surface area (Å²) in [6.45, 7) is 17.6. The lowest BCUT2D eigenvalue weighted by molar-refractivity contribution is -0.384. The van der Waals surface area contributed by atoms with E-state index in [0.29, 0.717) is 29.3 Å². The van der Waals surface area contributed by atoms with Gasteiger partial charge in [0.2, 0.25) is 0 Å². The number of piperazine rings is 1. The summed E-state index contributed by atoms with van der Waals surface area (Å²) in [6.07, 6.45) is 12.9. The molecule has 3 fully saturated rings. The van der Waals surface area contributed by atoms with Gasteiger partial charge in [-0.2, -0.15) is 0 Å². The Balaban J connectivity index is 0.977. The predicted octanol–water partition coefficient (Wildman–Crippen LogP) is 8.99. The van der Waals surface area contributed by atoms with Crippen molar-refractivity contribution in [3.63, 3.8) is 0 Å². The topological polar surface area (TPSA) is 172 Å². The number of rotatable bonds is 15. The van der Waals surface area contributed by atoms with Gasteiger partial charge >= 0.3 is 0 Å². The van der Waals surface area contributed by atoms with Crippen molar-refractivity contribution in [2.75, 3.05) is 62.7 Å². The van der Waals surface area contributed by atoms with E-state index in [1.165, 1.54) is 41.5 Å². The van der Waals surface area contributed by atoms with E-state index in [9.17, 15) is 23.3 Å². The molecule has 4 heterocycles. The van der Waals surface area contributed by atoms with E-state index in [4.69, 9.17) is 9.47 Å². The number of carbonyl (C=O) groups is 1. The van der Waals surface area contributed by atoms with Crippen molar-refractivity contribution < 1.29 is 27.6 Å². The number of amides is 1. The van der Waals surface area contributed by atoms with Gasteiger partial charge in [-0.15, -0.1) is 0 Å². The first-order valence-electron chi connectivity index (χ1n) is 22.0. The Kier molecular flexibility index (Phi) is 12.5. The van der Waals surface area contributed by atoms with Crippen LogP contribution < -0.4 is 19.7 Å². The van der Waals surface area contributed by atoms with Crippen LogP contribution >= 0.6 is 0 Å². The third-order valence-electron chi connectivity index (χ3n) is 13.4. The Bertz CT molecular complexity index is 2470. The number of aromatic nitrogens is 2. The van der Waals surface area contributed by atoms with E-state index in [2.05, 4.69) is 57.2 Å². The highest BCUT2D eigenvalue weighted by atomic mass is 32.2. The molecule has 1 spiro atoms. The molecule has 330 valence electrons. The molecule has 2 saturated heterocycles. The Morgan fingerprint density at radius 3 is 2.58 bits per heavy atom. The van der Waals surface area contributed by atoms with Gasteiger partial charge in [-0.25, -0.2) is 18.1 Å². The van der Waals surface area contributed by atoms with E-state index in [1.807, 2.05) is 6.07 Å². The van der Waals surface area contributed by atoms with Gasteiger partial charge in [0.25, 0.3) is 21.6 Å². The molecule has 2 aliphatic carbocycles. The van der Waals surface area contributed by atoms with Crippen LogP contribution in [0.5, 0.6) is 11.5 Å². The molecule has 15 heteroatoms. The van der Waals surface area contributed by atoms with Gasteiger partial charge in [0.1, 0.15) is 22.8 Å². The molecule has 1 saturated carbocycles. The van der Waals surface area contributed by atoms with Crippen LogP contribution in [0.4, 0.5) is 17.1 Å². The number of benzene rings is 2. The van der Waals surface area contributed by atoms with Crippen molar-refractivity contribution >= 4 is 44.0 Å². The summed E-state index contributed by atoms with van der Waals surface area (Å²) in [4.78, 5) is 37.4. The minimum Gasteiger partial charge on any atom is -0.455 e. The molecule has 14 nitrogen and oxygen atoms in total. The zero-order valence-corrected chi connectivity index (χ0v) is 37.0. The fourth-order valence-electron chi connectivity index (χ4n) is 9.84. The minimum atomic E-state index is -4.54. The smallest absolute Gasteiger partial charge is 0.293 e. The Hall–Kier alpha value is -5.25. The van der Waals surface area contributed by atoms with Crippen LogP contribution in [0.3, 0.4) is 0 Å². The number of nitrogens with one attached hydrogen (secondary N) is 3. The maximum absolute atomic E-state index is 13.9. The minimum absolute atomic E-state index is 0.0206. The van der Waals surface area contributed by atoms with Crippen LogP contribution in [0.25, 0.3) is 11.0 Å². The maximum Gasteiger partial charge on any atom is 0.293 e. The first-order valence-corrected chi connectivity index (χ1v) is 23.5. The molecule has 0 unspecified atom stereocenters. The standard InChI is InChI=1S/C47H59N7O7S/c1-5-6-32(2)40-28-46(3,4)13-11-35(40)31-52-17-19-53(20-18-52)36-7-9-39(43(24-36)61-37-23-34-12-16-48-44(34)50-30-37)45(55)51-62(58,59)38-8-10-41(42(25-38)54(56)57)49-29-33-26-47(27-33)14-21-60-22-15-47/h7-10,12,16,23-25,30,33,49H,2,5-6,11,13-15,17-22,26-29,31H2,1,3-4H3,(H,48,50)(H,51,55). The van der Waals surface area contributed by atoms with Crippen molar-refractivity contribution in [2.24, 2.45) is 16.7 Å². The molecule has 2 aliphatic heterocycles. The highest BCUT2D eigenvalue weighted by Crippen LogP contribution is 2.52. The number of fused-ring (bicyclic) bond motifs is 1. The fourth-order valence-corrected chi connectivity index (χ4v) is 10.8. The Labute approximate surface area is 364 Å². The van der Waals surface area contributed by atoms with Gasteiger partial charge in [0.15, 0.2) is 0 Å². The second kappa shape index (κ2) is 17.9. The van der Waals surface area contributed by atoms with E-state index < -0.39 is 25.7 Å². The van der Waals surface area contributed by atoms with Crippen molar-refractivity contribution in [3.8, 4) is 11.5 Å². The first-order chi connectivity index (χ1) is 29.7. The number of anilines is 2. The summed E-state index contributed by atoms with van der Waals surface area (Å²) in [6, 6.07) is 12.4. The molecule has 2 aromatic carbocycles. The Morgan fingerprint density at radius 1 is 1.06 bits per heavy atom. The van der Waals surface area contributed by atoms with Crippen LogP contribution in [0.15, 0.2) is 89.1 Å². The SMILES string of the molecule is C=C(CCC)C1=C(CN2CCN(c3ccc(C(=O)NS(=O)(=O)c4ccc(NCC5CC6(CCOCC6)C5)c([N+](=O)[O-])c4)c(Oc4cnc5[nH]ccc5c4)c3)CC2)CCC(C)(C)C1. The molecule has 1 amide bonds. The predicted molar refractivity (Wildman–Crippen MR) is 241 cm³/mol. The first kappa shape index (κ1) is 43.4. The monoisotopic (exact) mass is 865 g/mol. The largest absolute Gasteiger partial charge is 0.455 e. The quantitative estimate of drug-likeness (QED) is 0.0769. The average Bonchev–Trinajstić information content (AvgIpc) is 3.71. The number of allylic oxidation sites excluding steroid dienone is 2. The number of H-pyrrole nitrogens is 1. The molecule has 2 aromatic heterocycles.